The van der Waals surface area contributed by atoms with Crippen LogP contribution >= 0.6 is 27.5 Å². The highest BCUT2D eigenvalue weighted by Crippen LogP contribution is 2.27. The van der Waals surface area contributed by atoms with Crippen LogP contribution in [0.2, 0.25) is 5.02 Å². The van der Waals surface area contributed by atoms with Gasteiger partial charge in [-0.2, -0.15) is 0 Å². The number of carbonyl (C=O) groups is 1. The van der Waals surface area contributed by atoms with Gasteiger partial charge in [0.2, 0.25) is 0 Å². The van der Waals surface area contributed by atoms with Gasteiger partial charge in [-0.15, -0.1) is 0 Å². The number of nitrogens with two attached hydrogens (primary N) is 1. The highest BCUT2D eigenvalue weighted by molar-refractivity contribution is 9.10. The fourth-order valence-corrected chi connectivity index (χ4v) is 2.13. The van der Waals surface area contributed by atoms with Crippen molar-refractivity contribution >= 4 is 44.8 Å². The van der Waals surface area contributed by atoms with Crippen molar-refractivity contribution < 1.29 is 4.79 Å². The molecule has 0 saturated heterocycles. The monoisotopic (exact) mass is 338 g/mol. The van der Waals surface area contributed by atoms with Gasteiger partial charge in [0.05, 0.1) is 11.4 Å². The predicted octanol–water partition coefficient (Wildman–Crippen LogP) is 3.96. The fraction of sp³-hybridized carbons (Fsp3) is 0.0714. The molecule has 0 heterocycles. The number of nitrogens with zero attached hydrogens (tertiary/aromatic N) is 1. The Hall–Kier alpha value is -1.52. The van der Waals surface area contributed by atoms with Crippen LogP contribution in [0.3, 0.4) is 0 Å². The van der Waals surface area contributed by atoms with E-state index in [2.05, 4.69) is 15.9 Å². The third-order valence-electron chi connectivity index (χ3n) is 2.75. The number of amides is 1. The molecule has 2 N–H and O–H groups in total. The third kappa shape index (κ3) is 3.08. The van der Waals surface area contributed by atoms with E-state index in [0.717, 1.165) is 4.47 Å². The molecule has 2 aromatic carbocycles. The van der Waals surface area contributed by atoms with Crippen LogP contribution in [0.15, 0.2) is 46.9 Å². The second-order valence-electron chi connectivity index (χ2n) is 4.07. The number of halogens is 2. The molecule has 5 heteroatoms. The first kappa shape index (κ1) is 13.9. The van der Waals surface area contributed by atoms with Crippen molar-refractivity contribution in [2.24, 2.45) is 0 Å². The number of hydrogen-bond acceptors (Lipinski definition) is 2. The van der Waals surface area contributed by atoms with E-state index in [1.165, 1.54) is 4.90 Å². The van der Waals surface area contributed by atoms with Crippen LogP contribution in [0.1, 0.15) is 10.4 Å². The Bertz CT molecular complexity index is 613. The standard InChI is InChI=1S/C14H12BrClN2O/c1-18(13-8-11(16)6-7-12(13)17)14(19)9-2-4-10(15)5-3-9/h2-8H,17H2,1H3. The smallest absolute Gasteiger partial charge is 0.258 e. The second-order valence-corrected chi connectivity index (χ2v) is 5.43. The number of carbonyl (C=O) groups excluding carboxylic acids is 1. The van der Waals surface area contributed by atoms with Crippen molar-refractivity contribution in [3.63, 3.8) is 0 Å². The summed E-state index contributed by atoms with van der Waals surface area (Å²) in [4.78, 5) is 13.8. The van der Waals surface area contributed by atoms with Crippen LogP contribution in [0, 0.1) is 0 Å². The van der Waals surface area contributed by atoms with Gasteiger partial charge in [0, 0.05) is 22.1 Å². The van der Waals surface area contributed by atoms with E-state index in [1.54, 1.807) is 37.4 Å². The second kappa shape index (κ2) is 5.63. The summed E-state index contributed by atoms with van der Waals surface area (Å²) in [6, 6.07) is 12.2. The largest absolute Gasteiger partial charge is 0.397 e. The van der Waals surface area contributed by atoms with Crippen molar-refractivity contribution in [3.8, 4) is 0 Å². The van der Waals surface area contributed by atoms with Crippen molar-refractivity contribution in [1.82, 2.24) is 0 Å². The van der Waals surface area contributed by atoms with Crippen LogP contribution in [-0.4, -0.2) is 13.0 Å². The average molecular weight is 340 g/mol. The van der Waals surface area contributed by atoms with Gasteiger partial charge in [0.25, 0.3) is 5.91 Å². The molecular formula is C14H12BrClN2O. The van der Waals surface area contributed by atoms with Crippen molar-refractivity contribution in [2.45, 2.75) is 0 Å². The van der Waals surface area contributed by atoms with E-state index < -0.39 is 0 Å². The number of anilines is 2. The van der Waals surface area contributed by atoms with Gasteiger partial charge in [-0.25, -0.2) is 0 Å². The van der Waals surface area contributed by atoms with Gasteiger partial charge in [-0.05, 0) is 42.5 Å². The number of benzene rings is 2. The molecule has 3 nitrogen and oxygen atoms in total. The average Bonchev–Trinajstić information content (AvgIpc) is 2.41. The molecule has 0 fully saturated rings. The summed E-state index contributed by atoms with van der Waals surface area (Å²) >= 11 is 9.27. The fourth-order valence-electron chi connectivity index (χ4n) is 1.70. The maximum absolute atomic E-state index is 12.3. The van der Waals surface area contributed by atoms with E-state index in [1.807, 2.05) is 12.1 Å². The number of nitrogen functional groups attached to an aromatic ring is 1. The summed E-state index contributed by atoms with van der Waals surface area (Å²) < 4.78 is 0.925. The molecule has 0 spiro atoms. The van der Waals surface area contributed by atoms with Gasteiger partial charge in [0.15, 0.2) is 0 Å². The predicted molar refractivity (Wildman–Crippen MR) is 82.7 cm³/mol. The van der Waals surface area contributed by atoms with E-state index in [9.17, 15) is 4.79 Å². The quantitative estimate of drug-likeness (QED) is 0.842. The number of hydrogen-bond donors (Lipinski definition) is 1. The van der Waals surface area contributed by atoms with Crippen LogP contribution in [0.5, 0.6) is 0 Å². The lowest BCUT2D eigenvalue weighted by Crippen LogP contribution is -2.26. The van der Waals surface area contributed by atoms with Crippen molar-refractivity contribution in [1.29, 1.82) is 0 Å². The first-order valence-electron chi connectivity index (χ1n) is 5.57. The first-order chi connectivity index (χ1) is 8.99. The van der Waals surface area contributed by atoms with Gasteiger partial charge in [-0.1, -0.05) is 27.5 Å². The Morgan fingerprint density at radius 2 is 1.84 bits per heavy atom. The molecule has 0 radical (unpaired) electrons. The summed E-state index contributed by atoms with van der Waals surface area (Å²) in [6.45, 7) is 0. The minimum Gasteiger partial charge on any atom is -0.397 e. The van der Waals surface area contributed by atoms with Crippen LogP contribution in [-0.2, 0) is 0 Å². The summed E-state index contributed by atoms with van der Waals surface area (Å²) in [6.07, 6.45) is 0. The molecule has 0 unspecified atom stereocenters. The normalized spacial score (nSPS) is 10.3. The minimum atomic E-state index is -0.138. The summed E-state index contributed by atoms with van der Waals surface area (Å²) in [7, 11) is 1.67. The molecule has 2 rings (SSSR count). The first-order valence-corrected chi connectivity index (χ1v) is 6.75. The summed E-state index contributed by atoms with van der Waals surface area (Å²) in [5.74, 6) is -0.138. The Morgan fingerprint density at radius 1 is 1.21 bits per heavy atom. The van der Waals surface area contributed by atoms with E-state index >= 15 is 0 Å². The van der Waals surface area contributed by atoms with Gasteiger partial charge in [-0.3, -0.25) is 4.79 Å². The zero-order valence-corrected chi connectivity index (χ0v) is 12.6. The lowest BCUT2D eigenvalue weighted by atomic mass is 10.2. The van der Waals surface area contributed by atoms with E-state index in [4.69, 9.17) is 17.3 Å². The van der Waals surface area contributed by atoms with Crippen molar-refractivity contribution in [3.05, 3.63) is 57.5 Å². The molecule has 0 aromatic heterocycles. The lowest BCUT2D eigenvalue weighted by molar-refractivity contribution is 0.0993. The summed E-state index contributed by atoms with van der Waals surface area (Å²) in [5.41, 5.74) is 7.57. The molecular weight excluding hydrogens is 328 g/mol. The molecule has 2 aromatic rings. The molecule has 0 aliphatic rings. The molecule has 98 valence electrons. The Kier molecular flexibility index (Phi) is 4.12. The van der Waals surface area contributed by atoms with Crippen LogP contribution < -0.4 is 10.6 Å². The van der Waals surface area contributed by atoms with Gasteiger partial charge in [0.1, 0.15) is 0 Å². The van der Waals surface area contributed by atoms with Gasteiger partial charge >= 0.3 is 0 Å². The Morgan fingerprint density at radius 3 is 2.47 bits per heavy atom. The molecule has 0 bridgehead atoms. The molecule has 1 amide bonds. The molecule has 0 saturated carbocycles. The molecule has 19 heavy (non-hydrogen) atoms. The van der Waals surface area contributed by atoms with E-state index in [-0.39, 0.29) is 5.91 Å². The van der Waals surface area contributed by atoms with Crippen LogP contribution in [0.4, 0.5) is 11.4 Å². The minimum absolute atomic E-state index is 0.138. The van der Waals surface area contributed by atoms with E-state index in [0.29, 0.717) is 22.0 Å². The zero-order valence-electron chi connectivity index (χ0n) is 10.2. The lowest BCUT2D eigenvalue weighted by Gasteiger charge is -2.19. The highest BCUT2D eigenvalue weighted by Gasteiger charge is 2.15. The molecule has 0 aliphatic heterocycles. The van der Waals surface area contributed by atoms with Gasteiger partial charge < -0.3 is 10.6 Å². The summed E-state index contributed by atoms with van der Waals surface area (Å²) in [5, 5.41) is 0.541. The highest BCUT2D eigenvalue weighted by atomic mass is 79.9. The molecule has 0 atom stereocenters. The zero-order chi connectivity index (χ0) is 14.0. The topological polar surface area (TPSA) is 46.3 Å². The Labute approximate surface area is 125 Å². The van der Waals surface area contributed by atoms with Crippen molar-refractivity contribution in [2.75, 3.05) is 17.7 Å². The third-order valence-corrected chi connectivity index (χ3v) is 3.51. The van der Waals surface area contributed by atoms with Crippen LogP contribution in [0.25, 0.3) is 0 Å². The molecule has 0 aliphatic carbocycles. The maximum atomic E-state index is 12.3. The SMILES string of the molecule is CN(C(=O)c1ccc(Br)cc1)c1cc(Cl)ccc1N. The number of rotatable bonds is 2. The Balaban J connectivity index is 2.33. The maximum Gasteiger partial charge on any atom is 0.258 e.